The smallest absolute Gasteiger partial charge is 0.416 e. The lowest BCUT2D eigenvalue weighted by Gasteiger charge is -2.37. The van der Waals surface area contributed by atoms with Crippen LogP contribution in [0.3, 0.4) is 0 Å². The van der Waals surface area contributed by atoms with Gasteiger partial charge in [0.05, 0.1) is 44.9 Å². The molecule has 1 atom stereocenters. The van der Waals surface area contributed by atoms with E-state index in [2.05, 4.69) is 0 Å². The zero-order valence-electron chi connectivity index (χ0n) is 21.3. The Morgan fingerprint density at radius 2 is 1.47 bits per heavy atom. The molecule has 0 spiro atoms. The summed E-state index contributed by atoms with van der Waals surface area (Å²) in [4.78, 5) is -0.423. The number of hydrogen-bond acceptors (Lipinski definition) is 6. The fraction of sp³-hybridized carbons (Fsp3) is 0.333. The molecule has 1 unspecified atom stereocenters. The van der Waals surface area contributed by atoms with Gasteiger partial charge in [0.15, 0.2) is 23.0 Å². The molecule has 7 nitrogen and oxygen atoms in total. The molecule has 38 heavy (non-hydrogen) atoms. The minimum Gasteiger partial charge on any atom is -0.493 e. The highest BCUT2D eigenvalue weighted by atomic mass is 32.2. The number of rotatable bonds is 8. The first kappa shape index (κ1) is 27.6. The van der Waals surface area contributed by atoms with Crippen molar-refractivity contribution in [2.24, 2.45) is 0 Å². The third-order valence-electron chi connectivity index (χ3n) is 6.60. The third-order valence-corrected chi connectivity index (χ3v) is 8.50. The molecular weight excluding hydrogens is 523 g/mol. The van der Waals surface area contributed by atoms with Gasteiger partial charge in [-0.1, -0.05) is 12.1 Å². The van der Waals surface area contributed by atoms with Crippen molar-refractivity contribution in [3.8, 4) is 23.0 Å². The average Bonchev–Trinajstić information content (AvgIpc) is 2.91. The standard InChI is InChI=1S/C27H28F3NO6S/c1-34-23-9-8-17(13-24(23)35-2)12-22-21-16-26(37-4)25(36-3)14-18(21)10-11-31(22)38(32,33)20-7-5-6-19(15-20)27(28,29)30/h5-9,13-16,22H,10-12H2,1-4H3. The Balaban J connectivity index is 1.85. The first-order valence-electron chi connectivity index (χ1n) is 11.7. The SMILES string of the molecule is COc1ccc(CC2c3cc(OC)c(OC)cc3CCN2S(=O)(=O)c2cccc(C(F)(F)F)c2)cc1OC. The summed E-state index contributed by atoms with van der Waals surface area (Å²) in [5, 5.41) is 0. The van der Waals surface area contributed by atoms with Gasteiger partial charge in [0.25, 0.3) is 0 Å². The van der Waals surface area contributed by atoms with Gasteiger partial charge in [-0.05, 0) is 72.0 Å². The molecule has 0 amide bonds. The Labute approximate surface area is 219 Å². The zero-order valence-corrected chi connectivity index (χ0v) is 22.2. The van der Waals surface area contributed by atoms with E-state index in [1.54, 1.807) is 24.3 Å². The Kier molecular flexibility index (Phi) is 7.80. The molecule has 3 aromatic rings. The number of hydrogen-bond donors (Lipinski definition) is 0. The first-order chi connectivity index (χ1) is 18.0. The van der Waals surface area contributed by atoms with Crippen LogP contribution in [0.15, 0.2) is 59.5 Å². The molecule has 0 saturated carbocycles. The van der Waals surface area contributed by atoms with Gasteiger partial charge in [0, 0.05) is 6.54 Å². The molecule has 0 saturated heterocycles. The first-order valence-corrected chi connectivity index (χ1v) is 13.1. The molecule has 0 aromatic heterocycles. The molecule has 1 aliphatic heterocycles. The third kappa shape index (κ3) is 5.25. The quantitative estimate of drug-likeness (QED) is 0.380. The molecule has 0 aliphatic carbocycles. The van der Waals surface area contributed by atoms with E-state index in [1.807, 2.05) is 6.07 Å². The molecule has 4 rings (SSSR count). The van der Waals surface area contributed by atoms with Gasteiger partial charge < -0.3 is 18.9 Å². The van der Waals surface area contributed by atoms with Gasteiger partial charge in [0.1, 0.15) is 0 Å². The Hall–Kier alpha value is -3.44. The average molecular weight is 552 g/mol. The molecular formula is C27H28F3NO6S. The number of ether oxygens (including phenoxy) is 4. The topological polar surface area (TPSA) is 74.3 Å². The van der Waals surface area contributed by atoms with Crippen LogP contribution in [-0.4, -0.2) is 47.7 Å². The van der Waals surface area contributed by atoms with Gasteiger partial charge in [-0.15, -0.1) is 0 Å². The van der Waals surface area contributed by atoms with E-state index in [9.17, 15) is 21.6 Å². The van der Waals surface area contributed by atoms with Crippen molar-refractivity contribution in [3.05, 3.63) is 76.9 Å². The van der Waals surface area contributed by atoms with Crippen molar-refractivity contribution in [3.63, 3.8) is 0 Å². The van der Waals surface area contributed by atoms with Crippen LogP contribution in [0.4, 0.5) is 13.2 Å². The van der Waals surface area contributed by atoms with Gasteiger partial charge >= 0.3 is 6.18 Å². The summed E-state index contributed by atoms with van der Waals surface area (Å²) in [5.74, 6) is 1.91. The molecule has 1 heterocycles. The van der Waals surface area contributed by atoms with Crippen molar-refractivity contribution in [2.75, 3.05) is 35.0 Å². The highest BCUT2D eigenvalue weighted by Crippen LogP contribution is 2.42. The van der Waals surface area contributed by atoms with E-state index in [4.69, 9.17) is 18.9 Å². The van der Waals surface area contributed by atoms with Crippen molar-refractivity contribution in [2.45, 2.75) is 30.0 Å². The Morgan fingerprint density at radius 3 is 2.11 bits per heavy atom. The van der Waals surface area contributed by atoms with E-state index in [-0.39, 0.29) is 13.0 Å². The lowest BCUT2D eigenvalue weighted by Crippen LogP contribution is -2.41. The summed E-state index contributed by atoms with van der Waals surface area (Å²) in [6.07, 6.45) is -4.11. The fourth-order valence-corrected chi connectivity index (χ4v) is 6.36. The van der Waals surface area contributed by atoms with E-state index < -0.39 is 32.7 Å². The van der Waals surface area contributed by atoms with E-state index in [0.29, 0.717) is 41.0 Å². The van der Waals surface area contributed by atoms with Crippen LogP contribution in [0.25, 0.3) is 0 Å². The second-order valence-electron chi connectivity index (χ2n) is 8.71. The van der Waals surface area contributed by atoms with Crippen LogP contribution < -0.4 is 18.9 Å². The van der Waals surface area contributed by atoms with E-state index >= 15 is 0 Å². The van der Waals surface area contributed by atoms with E-state index in [0.717, 1.165) is 23.3 Å². The maximum atomic E-state index is 13.8. The van der Waals surface area contributed by atoms with Crippen LogP contribution in [0.5, 0.6) is 23.0 Å². The number of sulfonamides is 1. The Bertz CT molecular complexity index is 1420. The second-order valence-corrected chi connectivity index (χ2v) is 10.6. The number of alkyl halides is 3. The summed E-state index contributed by atoms with van der Waals surface area (Å²) in [6.45, 7) is 0.0685. The van der Waals surface area contributed by atoms with Crippen LogP contribution >= 0.6 is 0 Å². The number of fused-ring (bicyclic) bond motifs is 1. The number of benzene rings is 3. The van der Waals surface area contributed by atoms with Crippen molar-refractivity contribution in [1.29, 1.82) is 0 Å². The summed E-state index contributed by atoms with van der Waals surface area (Å²) in [7, 11) is 1.69. The van der Waals surface area contributed by atoms with Crippen molar-refractivity contribution >= 4 is 10.0 Å². The van der Waals surface area contributed by atoms with Gasteiger partial charge in [-0.25, -0.2) is 8.42 Å². The summed E-state index contributed by atoms with van der Waals surface area (Å²) in [6, 6.07) is 11.9. The monoisotopic (exact) mass is 551 g/mol. The summed E-state index contributed by atoms with van der Waals surface area (Å²) >= 11 is 0. The summed E-state index contributed by atoms with van der Waals surface area (Å²) in [5.41, 5.74) is 1.27. The predicted octanol–water partition coefficient (Wildman–Crippen LogP) is 5.27. The molecule has 0 bridgehead atoms. The van der Waals surface area contributed by atoms with Gasteiger partial charge in [-0.2, -0.15) is 17.5 Å². The molecule has 0 radical (unpaired) electrons. The maximum absolute atomic E-state index is 13.8. The van der Waals surface area contributed by atoms with Gasteiger partial charge in [0.2, 0.25) is 10.0 Å². The van der Waals surface area contributed by atoms with Crippen molar-refractivity contribution in [1.82, 2.24) is 4.31 Å². The fourth-order valence-electron chi connectivity index (χ4n) is 4.70. The molecule has 0 N–H and O–H groups in total. The van der Waals surface area contributed by atoms with Crippen molar-refractivity contribution < 1.29 is 40.5 Å². The van der Waals surface area contributed by atoms with Gasteiger partial charge in [-0.3, -0.25) is 0 Å². The van der Waals surface area contributed by atoms with Crippen LogP contribution in [0.2, 0.25) is 0 Å². The zero-order chi connectivity index (χ0) is 27.7. The highest BCUT2D eigenvalue weighted by Gasteiger charge is 2.39. The molecule has 0 fully saturated rings. The maximum Gasteiger partial charge on any atom is 0.416 e. The minimum atomic E-state index is -4.68. The molecule has 204 valence electrons. The molecule has 3 aromatic carbocycles. The number of halogens is 3. The van der Waals surface area contributed by atoms with E-state index in [1.165, 1.54) is 38.8 Å². The predicted molar refractivity (Wildman–Crippen MR) is 135 cm³/mol. The number of nitrogens with zero attached hydrogens (tertiary/aromatic N) is 1. The molecule has 11 heteroatoms. The number of methoxy groups -OCH3 is 4. The molecule has 1 aliphatic rings. The minimum absolute atomic E-state index is 0.0685. The largest absolute Gasteiger partial charge is 0.493 e. The van der Waals surface area contributed by atoms with Crippen LogP contribution in [0.1, 0.15) is 28.3 Å². The summed E-state index contributed by atoms with van der Waals surface area (Å²) < 4.78 is 90.7. The lowest BCUT2D eigenvalue weighted by atomic mass is 9.89. The van der Waals surface area contributed by atoms with Crippen LogP contribution in [0, 0.1) is 0 Å². The highest BCUT2D eigenvalue weighted by molar-refractivity contribution is 7.89. The lowest BCUT2D eigenvalue weighted by molar-refractivity contribution is -0.137. The normalized spacial score (nSPS) is 16.0. The van der Waals surface area contributed by atoms with Crippen LogP contribution in [-0.2, 0) is 29.0 Å². The Morgan fingerprint density at radius 1 is 0.842 bits per heavy atom. The second kappa shape index (κ2) is 10.7.